The van der Waals surface area contributed by atoms with Crippen LogP contribution in [0, 0.1) is 0 Å². The molecule has 3 nitrogen and oxygen atoms in total. The van der Waals surface area contributed by atoms with Crippen LogP contribution in [0.1, 0.15) is 0 Å². The summed E-state index contributed by atoms with van der Waals surface area (Å²) < 4.78 is 3.09. The fraction of sp³-hybridized carbons (Fsp3) is 0. The molecule has 5 heteroatoms. The van der Waals surface area contributed by atoms with Gasteiger partial charge in [-0.15, -0.1) is 10.2 Å². The monoisotopic (exact) mass is 409 g/mol. The Morgan fingerprint density at radius 2 is 1.24 bits per heavy atom. The lowest BCUT2D eigenvalue weighted by molar-refractivity contribution is 1.07. The molecular formula is C20H13BrClN3. The average molecular weight is 411 g/mol. The van der Waals surface area contributed by atoms with Gasteiger partial charge in [-0.1, -0.05) is 57.9 Å². The number of benzene rings is 3. The lowest BCUT2D eigenvalue weighted by atomic mass is 10.1. The number of hydrogen-bond acceptors (Lipinski definition) is 2. The number of aromatic nitrogens is 3. The first-order valence-corrected chi connectivity index (χ1v) is 8.92. The van der Waals surface area contributed by atoms with E-state index in [0.717, 1.165) is 32.9 Å². The van der Waals surface area contributed by atoms with Gasteiger partial charge in [0.2, 0.25) is 0 Å². The van der Waals surface area contributed by atoms with E-state index in [1.807, 2.05) is 78.9 Å². The molecule has 0 radical (unpaired) electrons. The molecule has 0 amide bonds. The molecule has 0 N–H and O–H groups in total. The fourth-order valence-electron chi connectivity index (χ4n) is 2.68. The van der Waals surface area contributed by atoms with E-state index in [1.54, 1.807) is 0 Å². The number of rotatable bonds is 3. The lowest BCUT2D eigenvalue weighted by Crippen LogP contribution is -2.00. The van der Waals surface area contributed by atoms with E-state index in [-0.39, 0.29) is 0 Å². The molecule has 0 bridgehead atoms. The zero-order valence-electron chi connectivity index (χ0n) is 13.1. The van der Waals surface area contributed by atoms with E-state index in [9.17, 15) is 0 Å². The van der Waals surface area contributed by atoms with Crippen LogP contribution in [-0.2, 0) is 0 Å². The van der Waals surface area contributed by atoms with Crippen molar-refractivity contribution in [2.24, 2.45) is 0 Å². The molecule has 0 fully saturated rings. The second kappa shape index (κ2) is 6.82. The molecule has 4 rings (SSSR count). The second-order valence-corrected chi connectivity index (χ2v) is 6.88. The lowest BCUT2D eigenvalue weighted by Gasteiger charge is -2.11. The van der Waals surface area contributed by atoms with Gasteiger partial charge in [-0.2, -0.15) is 0 Å². The maximum Gasteiger partial charge on any atom is 0.168 e. The third-order valence-electron chi connectivity index (χ3n) is 3.88. The van der Waals surface area contributed by atoms with E-state index >= 15 is 0 Å². The summed E-state index contributed by atoms with van der Waals surface area (Å²) in [5, 5.41) is 9.60. The minimum Gasteiger partial charge on any atom is -0.275 e. The largest absolute Gasteiger partial charge is 0.275 e. The van der Waals surface area contributed by atoms with Crippen LogP contribution >= 0.6 is 27.5 Å². The van der Waals surface area contributed by atoms with Crippen molar-refractivity contribution in [3.05, 3.63) is 88.4 Å². The summed E-state index contributed by atoms with van der Waals surface area (Å²) in [5.41, 5.74) is 2.97. The summed E-state index contributed by atoms with van der Waals surface area (Å²) in [5.74, 6) is 1.57. The van der Waals surface area contributed by atoms with Crippen LogP contribution in [0.2, 0.25) is 5.02 Å². The van der Waals surface area contributed by atoms with E-state index in [1.165, 1.54) is 0 Å². The molecular weight excluding hydrogens is 398 g/mol. The fourth-order valence-corrected chi connectivity index (χ4v) is 3.07. The molecule has 1 aromatic heterocycles. The summed E-state index contributed by atoms with van der Waals surface area (Å²) in [6, 6.07) is 25.8. The standard InChI is InChI=1S/C20H13BrClN3/c21-16-8-12-18(13-9-16)25-19(14-4-2-1-3-5-14)23-24-20(25)15-6-10-17(22)11-7-15/h1-13H. The predicted molar refractivity (Wildman–Crippen MR) is 105 cm³/mol. The Labute approximate surface area is 159 Å². The molecule has 1 heterocycles. The van der Waals surface area contributed by atoms with Crippen LogP contribution in [0.15, 0.2) is 83.3 Å². The van der Waals surface area contributed by atoms with Gasteiger partial charge in [0.15, 0.2) is 11.6 Å². The van der Waals surface area contributed by atoms with Gasteiger partial charge < -0.3 is 0 Å². The van der Waals surface area contributed by atoms with Gasteiger partial charge >= 0.3 is 0 Å². The van der Waals surface area contributed by atoms with Gasteiger partial charge in [0, 0.05) is 26.3 Å². The number of halogens is 2. The van der Waals surface area contributed by atoms with Crippen molar-refractivity contribution in [3.63, 3.8) is 0 Å². The van der Waals surface area contributed by atoms with E-state index in [4.69, 9.17) is 11.6 Å². The molecule has 4 aromatic rings. The Bertz CT molecular complexity index is 994. The van der Waals surface area contributed by atoms with Crippen LogP contribution in [0.3, 0.4) is 0 Å². The highest BCUT2D eigenvalue weighted by Crippen LogP contribution is 2.29. The van der Waals surface area contributed by atoms with Crippen LogP contribution in [0.5, 0.6) is 0 Å². The van der Waals surface area contributed by atoms with Gasteiger partial charge in [0.1, 0.15) is 0 Å². The number of hydrogen-bond donors (Lipinski definition) is 0. The molecule has 3 aromatic carbocycles. The third-order valence-corrected chi connectivity index (χ3v) is 4.66. The number of nitrogens with zero attached hydrogens (tertiary/aromatic N) is 3. The van der Waals surface area contributed by atoms with Gasteiger partial charge in [0.25, 0.3) is 0 Å². The molecule has 0 saturated carbocycles. The van der Waals surface area contributed by atoms with Crippen molar-refractivity contribution in [1.29, 1.82) is 0 Å². The minimum atomic E-state index is 0.696. The van der Waals surface area contributed by atoms with Gasteiger partial charge in [-0.3, -0.25) is 4.57 Å². The summed E-state index contributed by atoms with van der Waals surface area (Å²) in [7, 11) is 0. The molecule has 0 spiro atoms. The molecule has 25 heavy (non-hydrogen) atoms. The second-order valence-electron chi connectivity index (χ2n) is 5.53. The smallest absolute Gasteiger partial charge is 0.168 e. The molecule has 0 aliphatic carbocycles. The quantitative estimate of drug-likeness (QED) is 0.413. The van der Waals surface area contributed by atoms with Crippen LogP contribution in [0.25, 0.3) is 28.5 Å². The first kappa shape index (κ1) is 16.1. The van der Waals surface area contributed by atoms with Crippen LogP contribution in [0.4, 0.5) is 0 Å². The molecule has 0 aliphatic rings. The van der Waals surface area contributed by atoms with E-state index in [0.29, 0.717) is 5.02 Å². The van der Waals surface area contributed by atoms with Crippen molar-refractivity contribution in [2.75, 3.05) is 0 Å². The molecule has 0 atom stereocenters. The maximum atomic E-state index is 6.03. The Kier molecular flexibility index (Phi) is 4.38. The highest BCUT2D eigenvalue weighted by molar-refractivity contribution is 9.10. The van der Waals surface area contributed by atoms with Gasteiger partial charge in [-0.05, 0) is 48.5 Å². The Morgan fingerprint density at radius 1 is 0.680 bits per heavy atom. The molecule has 0 aliphatic heterocycles. The first-order chi connectivity index (χ1) is 12.2. The molecule has 0 saturated heterocycles. The average Bonchev–Trinajstić information content (AvgIpc) is 3.09. The summed E-state index contributed by atoms with van der Waals surface area (Å²) in [4.78, 5) is 0. The highest BCUT2D eigenvalue weighted by Gasteiger charge is 2.16. The summed E-state index contributed by atoms with van der Waals surface area (Å²) in [6.45, 7) is 0. The third kappa shape index (κ3) is 3.23. The maximum absolute atomic E-state index is 6.03. The van der Waals surface area contributed by atoms with E-state index < -0.39 is 0 Å². The van der Waals surface area contributed by atoms with Crippen LogP contribution < -0.4 is 0 Å². The topological polar surface area (TPSA) is 30.7 Å². The van der Waals surface area contributed by atoms with Crippen molar-refractivity contribution >= 4 is 27.5 Å². The van der Waals surface area contributed by atoms with Crippen LogP contribution in [-0.4, -0.2) is 14.8 Å². The Hall–Kier alpha value is -2.43. The Balaban J connectivity index is 1.94. The Morgan fingerprint density at radius 3 is 1.84 bits per heavy atom. The van der Waals surface area contributed by atoms with E-state index in [2.05, 4.69) is 30.7 Å². The molecule has 122 valence electrons. The first-order valence-electron chi connectivity index (χ1n) is 7.75. The van der Waals surface area contributed by atoms with Crippen molar-refractivity contribution < 1.29 is 0 Å². The highest BCUT2D eigenvalue weighted by atomic mass is 79.9. The van der Waals surface area contributed by atoms with Gasteiger partial charge in [0.05, 0.1) is 0 Å². The minimum absolute atomic E-state index is 0.696. The normalized spacial score (nSPS) is 10.8. The summed E-state index contributed by atoms with van der Waals surface area (Å²) >= 11 is 9.51. The van der Waals surface area contributed by atoms with Crippen molar-refractivity contribution in [2.45, 2.75) is 0 Å². The SMILES string of the molecule is Clc1ccc(-c2nnc(-c3ccccc3)n2-c2ccc(Br)cc2)cc1. The zero-order valence-corrected chi connectivity index (χ0v) is 15.4. The van der Waals surface area contributed by atoms with Gasteiger partial charge in [-0.25, -0.2) is 0 Å². The summed E-state index contributed by atoms with van der Waals surface area (Å²) in [6.07, 6.45) is 0. The predicted octanol–water partition coefficient (Wildman–Crippen LogP) is 6.02. The zero-order chi connectivity index (χ0) is 17.2. The van der Waals surface area contributed by atoms with Crippen molar-refractivity contribution in [3.8, 4) is 28.5 Å². The molecule has 0 unspecified atom stereocenters. The van der Waals surface area contributed by atoms with Crippen molar-refractivity contribution in [1.82, 2.24) is 14.8 Å².